The van der Waals surface area contributed by atoms with Crippen molar-refractivity contribution in [1.82, 2.24) is 4.90 Å². The van der Waals surface area contributed by atoms with Gasteiger partial charge in [0.1, 0.15) is 0 Å². The van der Waals surface area contributed by atoms with E-state index in [0.29, 0.717) is 26.0 Å². The van der Waals surface area contributed by atoms with Crippen LogP contribution < -0.4 is 0 Å². The summed E-state index contributed by atoms with van der Waals surface area (Å²) in [5.41, 5.74) is 0. The molecule has 0 spiro atoms. The van der Waals surface area contributed by atoms with Crippen LogP contribution in [0.25, 0.3) is 0 Å². The van der Waals surface area contributed by atoms with Crippen molar-refractivity contribution in [3.63, 3.8) is 0 Å². The Hall–Kier alpha value is -1.10. The predicted molar refractivity (Wildman–Crippen MR) is 51.0 cm³/mol. The predicted octanol–water partition coefficient (Wildman–Crippen LogP) is 0.346. The van der Waals surface area contributed by atoms with E-state index in [4.69, 9.17) is 9.84 Å². The summed E-state index contributed by atoms with van der Waals surface area (Å²) in [6.07, 6.45) is 0.937. The number of aliphatic carboxylic acids is 1. The second-order valence-electron chi connectivity index (χ2n) is 3.06. The molecule has 0 unspecified atom stereocenters. The first-order valence-electron chi connectivity index (χ1n) is 4.52. The summed E-state index contributed by atoms with van der Waals surface area (Å²) in [7, 11) is 3.21. The van der Waals surface area contributed by atoms with Gasteiger partial charge in [0.15, 0.2) is 0 Å². The molecule has 0 atom stereocenters. The molecule has 0 saturated carbocycles. The summed E-state index contributed by atoms with van der Waals surface area (Å²) in [5, 5.41) is 8.38. The van der Waals surface area contributed by atoms with Crippen LogP contribution in [0.2, 0.25) is 0 Å². The molecule has 14 heavy (non-hydrogen) atoms. The standard InChI is InChI=1S/C9H17NO4/c1-10(6-3-4-9(12)13)8(11)5-7-14-2/h3-7H2,1-2H3,(H,12,13). The summed E-state index contributed by atoms with van der Waals surface area (Å²) < 4.78 is 4.76. The van der Waals surface area contributed by atoms with Crippen LogP contribution in [-0.2, 0) is 14.3 Å². The third-order valence-corrected chi connectivity index (χ3v) is 1.83. The number of methoxy groups -OCH3 is 1. The molecular weight excluding hydrogens is 186 g/mol. The summed E-state index contributed by atoms with van der Waals surface area (Å²) in [6.45, 7) is 0.886. The number of hydrogen-bond acceptors (Lipinski definition) is 3. The summed E-state index contributed by atoms with van der Waals surface area (Å²) in [4.78, 5) is 23.0. The van der Waals surface area contributed by atoms with Crippen LogP contribution in [0.15, 0.2) is 0 Å². The lowest BCUT2D eigenvalue weighted by Crippen LogP contribution is -2.28. The van der Waals surface area contributed by atoms with Crippen molar-refractivity contribution in [2.24, 2.45) is 0 Å². The number of carboxylic acids is 1. The molecule has 0 heterocycles. The van der Waals surface area contributed by atoms with E-state index in [-0.39, 0.29) is 12.3 Å². The van der Waals surface area contributed by atoms with Crippen molar-refractivity contribution in [2.75, 3.05) is 27.3 Å². The first-order chi connectivity index (χ1) is 6.57. The van der Waals surface area contributed by atoms with Gasteiger partial charge in [-0.25, -0.2) is 0 Å². The van der Waals surface area contributed by atoms with Gasteiger partial charge in [-0.1, -0.05) is 0 Å². The summed E-state index contributed by atoms with van der Waals surface area (Å²) in [5.74, 6) is -0.847. The Labute approximate surface area is 83.6 Å². The SMILES string of the molecule is COCCC(=O)N(C)CCCC(=O)O. The zero-order valence-corrected chi connectivity index (χ0v) is 8.65. The van der Waals surface area contributed by atoms with Gasteiger partial charge in [0, 0.05) is 27.1 Å². The van der Waals surface area contributed by atoms with Crippen molar-refractivity contribution < 1.29 is 19.4 Å². The van der Waals surface area contributed by atoms with E-state index < -0.39 is 5.97 Å². The summed E-state index contributed by atoms with van der Waals surface area (Å²) in [6, 6.07) is 0. The van der Waals surface area contributed by atoms with Crippen LogP contribution >= 0.6 is 0 Å². The molecule has 0 aliphatic heterocycles. The van der Waals surface area contributed by atoms with Crippen molar-refractivity contribution >= 4 is 11.9 Å². The van der Waals surface area contributed by atoms with Crippen LogP contribution in [0.3, 0.4) is 0 Å². The minimum absolute atomic E-state index is 0.0164. The van der Waals surface area contributed by atoms with Gasteiger partial charge in [0.2, 0.25) is 5.91 Å². The molecule has 0 saturated heterocycles. The van der Waals surface area contributed by atoms with E-state index in [1.54, 1.807) is 7.05 Å². The maximum atomic E-state index is 11.3. The Morgan fingerprint density at radius 3 is 2.50 bits per heavy atom. The van der Waals surface area contributed by atoms with Gasteiger partial charge < -0.3 is 14.7 Å². The highest BCUT2D eigenvalue weighted by Crippen LogP contribution is 1.96. The largest absolute Gasteiger partial charge is 0.481 e. The Morgan fingerprint density at radius 2 is 2.00 bits per heavy atom. The molecule has 82 valence electrons. The van der Waals surface area contributed by atoms with Gasteiger partial charge in [0.25, 0.3) is 0 Å². The van der Waals surface area contributed by atoms with Gasteiger partial charge in [-0.2, -0.15) is 0 Å². The number of rotatable bonds is 7. The number of ether oxygens (including phenoxy) is 1. The average Bonchev–Trinajstić information content (AvgIpc) is 2.13. The van der Waals surface area contributed by atoms with Crippen LogP contribution in [0.1, 0.15) is 19.3 Å². The molecular formula is C9H17NO4. The minimum atomic E-state index is -0.831. The minimum Gasteiger partial charge on any atom is -0.481 e. The van der Waals surface area contributed by atoms with Gasteiger partial charge in [0.05, 0.1) is 13.0 Å². The maximum absolute atomic E-state index is 11.3. The fourth-order valence-corrected chi connectivity index (χ4v) is 0.972. The Bertz CT molecular complexity index is 193. The lowest BCUT2D eigenvalue weighted by molar-refractivity contribution is -0.138. The first kappa shape index (κ1) is 12.9. The zero-order valence-electron chi connectivity index (χ0n) is 8.65. The van der Waals surface area contributed by atoms with Crippen LogP contribution in [0.4, 0.5) is 0 Å². The van der Waals surface area contributed by atoms with Gasteiger partial charge in [-0.05, 0) is 6.42 Å². The zero-order chi connectivity index (χ0) is 11.0. The lowest BCUT2D eigenvalue weighted by atomic mass is 10.3. The highest BCUT2D eigenvalue weighted by atomic mass is 16.5. The van der Waals surface area contributed by atoms with Crippen molar-refractivity contribution in [2.45, 2.75) is 19.3 Å². The van der Waals surface area contributed by atoms with E-state index >= 15 is 0 Å². The van der Waals surface area contributed by atoms with Gasteiger partial charge in [-0.15, -0.1) is 0 Å². The molecule has 0 bridgehead atoms. The smallest absolute Gasteiger partial charge is 0.303 e. The normalized spacial score (nSPS) is 9.86. The molecule has 5 heteroatoms. The highest BCUT2D eigenvalue weighted by molar-refractivity contribution is 5.76. The van der Waals surface area contributed by atoms with Crippen LogP contribution in [0, 0.1) is 0 Å². The monoisotopic (exact) mass is 203 g/mol. The van der Waals surface area contributed by atoms with E-state index in [2.05, 4.69) is 0 Å². The number of amides is 1. The van der Waals surface area contributed by atoms with Crippen molar-refractivity contribution in [3.05, 3.63) is 0 Å². The molecule has 0 fully saturated rings. The van der Waals surface area contributed by atoms with E-state index in [1.165, 1.54) is 12.0 Å². The fourth-order valence-electron chi connectivity index (χ4n) is 0.972. The number of carboxylic acid groups (broad SMARTS) is 1. The molecule has 0 aromatic rings. The molecule has 0 aromatic carbocycles. The molecule has 1 N–H and O–H groups in total. The Kier molecular flexibility index (Phi) is 6.74. The number of nitrogens with zero attached hydrogens (tertiary/aromatic N) is 1. The second kappa shape index (κ2) is 7.32. The fraction of sp³-hybridized carbons (Fsp3) is 0.778. The highest BCUT2D eigenvalue weighted by Gasteiger charge is 2.08. The van der Waals surface area contributed by atoms with Crippen LogP contribution in [-0.4, -0.2) is 49.2 Å². The van der Waals surface area contributed by atoms with E-state index in [9.17, 15) is 9.59 Å². The average molecular weight is 203 g/mol. The van der Waals surface area contributed by atoms with E-state index in [1.807, 2.05) is 0 Å². The maximum Gasteiger partial charge on any atom is 0.303 e. The molecule has 0 aliphatic rings. The molecule has 1 amide bonds. The third kappa shape index (κ3) is 6.42. The Morgan fingerprint density at radius 1 is 1.36 bits per heavy atom. The first-order valence-corrected chi connectivity index (χ1v) is 4.52. The topological polar surface area (TPSA) is 66.8 Å². The lowest BCUT2D eigenvalue weighted by Gasteiger charge is -2.16. The summed E-state index contributed by atoms with van der Waals surface area (Å²) >= 11 is 0. The molecule has 0 aliphatic carbocycles. The van der Waals surface area contributed by atoms with Crippen molar-refractivity contribution in [1.29, 1.82) is 0 Å². The molecule has 0 aromatic heterocycles. The molecule has 5 nitrogen and oxygen atoms in total. The van der Waals surface area contributed by atoms with Crippen LogP contribution in [0.5, 0.6) is 0 Å². The number of carbonyl (C=O) groups is 2. The third-order valence-electron chi connectivity index (χ3n) is 1.83. The Balaban J connectivity index is 3.56. The quantitative estimate of drug-likeness (QED) is 0.648. The molecule has 0 radical (unpaired) electrons. The van der Waals surface area contributed by atoms with Gasteiger partial charge >= 0.3 is 5.97 Å². The van der Waals surface area contributed by atoms with Gasteiger partial charge in [-0.3, -0.25) is 9.59 Å². The van der Waals surface area contributed by atoms with Crippen molar-refractivity contribution in [3.8, 4) is 0 Å². The second-order valence-corrected chi connectivity index (χ2v) is 3.06. The number of hydrogen-bond donors (Lipinski definition) is 1. The molecule has 0 rings (SSSR count). The van der Waals surface area contributed by atoms with E-state index in [0.717, 1.165) is 0 Å². The number of carbonyl (C=O) groups excluding carboxylic acids is 1.